The van der Waals surface area contributed by atoms with Crippen molar-refractivity contribution in [2.75, 3.05) is 5.88 Å². The minimum absolute atomic E-state index is 0.250. The molecule has 0 bridgehead atoms. The van der Waals surface area contributed by atoms with Crippen LogP contribution in [0.4, 0.5) is 0 Å². The van der Waals surface area contributed by atoms with Crippen LogP contribution in [0.3, 0.4) is 0 Å². The van der Waals surface area contributed by atoms with Gasteiger partial charge in [0.05, 0.1) is 0 Å². The van der Waals surface area contributed by atoms with E-state index in [0.717, 1.165) is 5.88 Å². The number of halogens is 1. The fourth-order valence-electron chi connectivity index (χ4n) is 0. The summed E-state index contributed by atoms with van der Waals surface area (Å²) in [6.45, 7) is 1.89. The number of hydrogen-bond acceptors (Lipinski definition) is 2. The molecule has 0 radical (unpaired) electrons. The van der Waals surface area contributed by atoms with E-state index in [0.29, 0.717) is 0 Å². The van der Waals surface area contributed by atoms with Gasteiger partial charge in [-0.2, -0.15) is 9.59 Å². The molecule has 0 N–H and O–H groups in total. The second-order valence-electron chi connectivity index (χ2n) is 0.351. The van der Waals surface area contributed by atoms with Gasteiger partial charge in [-0.3, -0.25) is 0 Å². The van der Waals surface area contributed by atoms with Crippen molar-refractivity contribution in [3.05, 3.63) is 0 Å². The highest BCUT2D eigenvalue weighted by Crippen LogP contribution is 1.59. The first kappa shape index (κ1) is 9.18. The van der Waals surface area contributed by atoms with Gasteiger partial charge in [0.2, 0.25) is 0 Å². The molecule has 0 atom stereocenters. The van der Waals surface area contributed by atoms with Crippen LogP contribution in [0.1, 0.15) is 6.92 Å². The van der Waals surface area contributed by atoms with Gasteiger partial charge in [0.25, 0.3) is 0 Å². The van der Waals surface area contributed by atoms with Crippen LogP contribution in [0.25, 0.3) is 0 Å². The van der Waals surface area contributed by atoms with Crippen molar-refractivity contribution in [1.29, 1.82) is 0 Å². The topological polar surface area (TPSA) is 34.1 Å². The molecule has 0 aliphatic carbocycles. The molecule has 0 aromatic carbocycles. The first-order valence-corrected chi connectivity index (χ1v) is 1.92. The maximum Gasteiger partial charge on any atom is 0.373 e. The van der Waals surface area contributed by atoms with E-state index in [-0.39, 0.29) is 6.15 Å². The van der Waals surface area contributed by atoms with Crippen molar-refractivity contribution >= 4 is 17.8 Å². The summed E-state index contributed by atoms with van der Waals surface area (Å²) in [6, 6.07) is 0. The highest BCUT2D eigenvalue weighted by molar-refractivity contribution is 6.17. The Kier molecular flexibility index (Phi) is 34.5. The molecule has 0 heterocycles. The molecule has 36 valence electrons. The third kappa shape index (κ3) is 240. The summed E-state index contributed by atoms with van der Waals surface area (Å²) in [5, 5.41) is 0. The Labute approximate surface area is 41.1 Å². The number of rotatable bonds is 0. The summed E-state index contributed by atoms with van der Waals surface area (Å²) in [7, 11) is 0. The van der Waals surface area contributed by atoms with Crippen LogP contribution in [0.15, 0.2) is 0 Å². The van der Waals surface area contributed by atoms with Gasteiger partial charge in [0, 0.05) is 5.88 Å². The Bertz CT molecular complexity index is 38.1. The van der Waals surface area contributed by atoms with Crippen LogP contribution in [0.5, 0.6) is 0 Å². The molecule has 0 aromatic heterocycles. The van der Waals surface area contributed by atoms with E-state index < -0.39 is 0 Å². The molecule has 0 fully saturated rings. The molecule has 2 nitrogen and oxygen atoms in total. The zero-order valence-corrected chi connectivity index (χ0v) is 4.16. The minimum Gasteiger partial charge on any atom is -0.186 e. The Hall–Kier alpha value is -0.330. The summed E-state index contributed by atoms with van der Waals surface area (Å²) < 4.78 is 0. The first-order chi connectivity index (χ1) is 2.83. The van der Waals surface area contributed by atoms with E-state index in [1.165, 1.54) is 0 Å². The maximum absolute atomic E-state index is 8.12. The van der Waals surface area contributed by atoms with E-state index in [1.807, 2.05) is 6.92 Å². The van der Waals surface area contributed by atoms with Gasteiger partial charge in [-0.15, -0.1) is 11.6 Å². The SMILES string of the molecule is CCCl.O=C=O. The zero-order chi connectivity index (χ0) is 5.41. The number of alkyl halides is 1. The second kappa shape index (κ2) is 22.6. The van der Waals surface area contributed by atoms with E-state index in [9.17, 15) is 0 Å². The van der Waals surface area contributed by atoms with Crippen molar-refractivity contribution < 1.29 is 9.59 Å². The number of carbonyl (C=O) groups excluding carboxylic acids is 2. The summed E-state index contributed by atoms with van der Waals surface area (Å²) >= 11 is 5.00. The summed E-state index contributed by atoms with van der Waals surface area (Å²) in [5.41, 5.74) is 0. The van der Waals surface area contributed by atoms with E-state index in [2.05, 4.69) is 0 Å². The van der Waals surface area contributed by atoms with Crippen molar-refractivity contribution in [3.8, 4) is 0 Å². The van der Waals surface area contributed by atoms with Gasteiger partial charge in [0.15, 0.2) is 0 Å². The maximum atomic E-state index is 8.12. The van der Waals surface area contributed by atoms with E-state index >= 15 is 0 Å². The molecule has 6 heavy (non-hydrogen) atoms. The molecule has 0 saturated heterocycles. The van der Waals surface area contributed by atoms with Crippen molar-refractivity contribution in [1.82, 2.24) is 0 Å². The molecule has 0 aromatic rings. The predicted octanol–water partition coefficient (Wildman–Crippen LogP) is 0.662. The zero-order valence-electron chi connectivity index (χ0n) is 3.40. The highest BCUT2D eigenvalue weighted by atomic mass is 35.5. The predicted molar refractivity (Wildman–Crippen MR) is 21.4 cm³/mol. The van der Waals surface area contributed by atoms with Gasteiger partial charge < -0.3 is 0 Å². The molecule has 3 heteroatoms. The lowest BCUT2D eigenvalue weighted by Gasteiger charge is -1.45. The largest absolute Gasteiger partial charge is 0.373 e. The van der Waals surface area contributed by atoms with Gasteiger partial charge in [-0.25, -0.2) is 0 Å². The highest BCUT2D eigenvalue weighted by Gasteiger charge is 1.38. The molecule has 0 rings (SSSR count). The van der Waals surface area contributed by atoms with Gasteiger partial charge in [-0.05, 0) is 0 Å². The third-order valence-corrected chi connectivity index (χ3v) is 0. The normalized spacial score (nSPS) is 4.33. The fourth-order valence-corrected chi connectivity index (χ4v) is 0. The molecule has 0 amide bonds. The van der Waals surface area contributed by atoms with Crippen LogP contribution < -0.4 is 0 Å². The lowest BCUT2D eigenvalue weighted by molar-refractivity contribution is -0.191. The third-order valence-electron chi connectivity index (χ3n) is 0. The van der Waals surface area contributed by atoms with Gasteiger partial charge in [-0.1, -0.05) is 6.92 Å². The average Bonchev–Trinajstić information content (AvgIpc) is 1.39. The smallest absolute Gasteiger partial charge is 0.186 e. The van der Waals surface area contributed by atoms with Crippen LogP contribution in [-0.4, -0.2) is 12.0 Å². The Morgan fingerprint density at radius 2 is 1.67 bits per heavy atom. The Balaban J connectivity index is 0. The van der Waals surface area contributed by atoms with Crippen molar-refractivity contribution in [2.24, 2.45) is 0 Å². The Morgan fingerprint density at radius 3 is 1.67 bits per heavy atom. The van der Waals surface area contributed by atoms with E-state index in [1.54, 1.807) is 0 Å². The van der Waals surface area contributed by atoms with Crippen molar-refractivity contribution in [3.63, 3.8) is 0 Å². The molecule has 0 saturated carbocycles. The van der Waals surface area contributed by atoms with E-state index in [4.69, 9.17) is 21.2 Å². The molecular formula is C3H5ClO2. The first-order valence-electron chi connectivity index (χ1n) is 1.38. The fraction of sp³-hybridized carbons (Fsp3) is 0.667. The van der Waals surface area contributed by atoms with Crippen LogP contribution in [0, 0.1) is 0 Å². The molecule has 0 spiro atoms. The second-order valence-corrected chi connectivity index (χ2v) is 0.885. The molecular weight excluding hydrogens is 103 g/mol. The summed E-state index contributed by atoms with van der Waals surface area (Å²) in [4.78, 5) is 16.2. The van der Waals surface area contributed by atoms with Gasteiger partial charge in [0.1, 0.15) is 0 Å². The average molecular weight is 109 g/mol. The van der Waals surface area contributed by atoms with Gasteiger partial charge >= 0.3 is 6.15 Å². The standard InChI is InChI=1S/C2H5Cl.CO2/c1-2-3;2-1-3/h2H2,1H3;. The summed E-state index contributed by atoms with van der Waals surface area (Å²) in [6.07, 6.45) is 0.250. The lowest BCUT2D eigenvalue weighted by atomic mass is 11.0. The minimum atomic E-state index is 0.250. The quantitative estimate of drug-likeness (QED) is 0.427. The van der Waals surface area contributed by atoms with Crippen LogP contribution >= 0.6 is 11.6 Å². The Morgan fingerprint density at radius 1 is 1.67 bits per heavy atom. The van der Waals surface area contributed by atoms with Crippen LogP contribution in [0.2, 0.25) is 0 Å². The monoisotopic (exact) mass is 108 g/mol. The molecule has 0 aliphatic rings. The van der Waals surface area contributed by atoms with Crippen LogP contribution in [-0.2, 0) is 9.59 Å². The molecule has 0 unspecified atom stereocenters. The lowest BCUT2D eigenvalue weighted by Crippen LogP contribution is -1.36. The number of hydrogen-bond donors (Lipinski definition) is 0. The van der Waals surface area contributed by atoms with Crippen molar-refractivity contribution in [2.45, 2.75) is 6.92 Å². The summed E-state index contributed by atoms with van der Waals surface area (Å²) in [5.74, 6) is 0.722. The molecule has 0 aliphatic heterocycles.